The monoisotopic (exact) mass is 268 g/mol. The van der Waals surface area contributed by atoms with Gasteiger partial charge in [0, 0.05) is 12.4 Å². The molecule has 0 aliphatic rings. The maximum atomic E-state index is 11.1. The van der Waals surface area contributed by atoms with Crippen LogP contribution in [0.1, 0.15) is 0 Å². The zero-order valence-electron chi connectivity index (χ0n) is 10.8. The minimum absolute atomic E-state index is 0.360. The number of carbonyl (C=O) groups excluding carboxylic acids is 1. The molecular weight excluding hydrogens is 256 g/mol. The summed E-state index contributed by atoms with van der Waals surface area (Å²) in [5.41, 5.74) is 3.73. The van der Waals surface area contributed by atoms with Crippen LogP contribution >= 0.6 is 0 Å². The molecule has 0 radical (unpaired) electrons. The number of pyridine rings is 1. The number of anilines is 1. The lowest BCUT2D eigenvalue weighted by Gasteiger charge is -2.00. The van der Waals surface area contributed by atoms with E-state index < -0.39 is 6.09 Å². The molecule has 0 fully saturated rings. The van der Waals surface area contributed by atoms with E-state index in [-0.39, 0.29) is 0 Å². The number of hydrogen-bond donors (Lipinski definition) is 2. The molecule has 6 heteroatoms. The highest BCUT2D eigenvalue weighted by Gasteiger charge is 2.07. The molecule has 2 aromatic heterocycles. The van der Waals surface area contributed by atoms with Crippen molar-refractivity contribution in [2.45, 2.75) is 0 Å². The smallest absolute Gasteiger partial charge is 0.413 e. The van der Waals surface area contributed by atoms with Crippen LogP contribution in [0.4, 0.5) is 10.7 Å². The van der Waals surface area contributed by atoms with Gasteiger partial charge in [0.15, 0.2) is 0 Å². The van der Waals surface area contributed by atoms with E-state index in [4.69, 9.17) is 0 Å². The Labute approximate surface area is 114 Å². The van der Waals surface area contributed by atoms with E-state index in [1.54, 1.807) is 12.4 Å². The van der Waals surface area contributed by atoms with Crippen molar-refractivity contribution in [1.29, 1.82) is 0 Å². The number of benzene rings is 1. The lowest BCUT2D eigenvalue weighted by atomic mass is 10.1. The van der Waals surface area contributed by atoms with Crippen LogP contribution in [0.2, 0.25) is 0 Å². The third-order valence-corrected chi connectivity index (χ3v) is 2.90. The minimum atomic E-state index is -0.557. The number of aromatic amines is 1. The van der Waals surface area contributed by atoms with E-state index in [9.17, 15) is 4.79 Å². The third-order valence-electron chi connectivity index (χ3n) is 2.90. The Kier molecular flexibility index (Phi) is 3.04. The molecule has 20 heavy (non-hydrogen) atoms. The van der Waals surface area contributed by atoms with E-state index >= 15 is 0 Å². The highest BCUT2D eigenvalue weighted by atomic mass is 16.5. The Morgan fingerprint density at radius 2 is 2.00 bits per heavy atom. The average molecular weight is 268 g/mol. The predicted molar refractivity (Wildman–Crippen MR) is 75.4 cm³/mol. The molecule has 0 unspecified atom stereocenters. The zero-order valence-corrected chi connectivity index (χ0v) is 10.8. The van der Waals surface area contributed by atoms with Gasteiger partial charge in [-0.25, -0.2) is 9.78 Å². The summed E-state index contributed by atoms with van der Waals surface area (Å²) in [6.07, 6.45) is 2.94. The number of imidazole rings is 1. The van der Waals surface area contributed by atoms with E-state index in [1.165, 1.54) is 7.11 Å². The fourth-order valence-electron chi connectivity index (χ4n) is 1.94. The number of ether oxygens (including phenoxy) is 1. The van der Waals surface area contributed by atoms with Crippen molar-refractivity contribution in [3.8, 4) is 11.1 Å². The molecule has 0 saturated carbocycles. The van der Waals surface area contributed by atoms with Crippen molar-refractivity contribution < 1.29 is 9.53 Å². The number of fused-ring (bicyclic) bond motifs is 1. The lowest BCUT2D eigenvalue weighted by Crippen LogP contribution is -2.11. The van der Waals surface area contributed by atoms with Gasteiger partial charge >= 0.3 is 6.09 Å². The number of amides is 1. The summed E-state index contributed by atoms with van der Waals surface area (Å²) >= 11 is 0. The first-order chi connectivity index (χ1) is 9.76. The Hall–Kier alpha value is -2.89. The molecule has 0 spiro atoms. The van der Waals surface area contributed by atoms with E-state index in [0.29, 0.717) is 5.95 Å². The summed E-state index contributed by atoms with van der Waals surface area (Å²) in [7, 11) is 1.31. The maximum absolute atomic E-state index is 11.1. The molecule has 0 aliphatic heterocycles. The van der Waals surface area contributed by atoms with Crippen LogP contribution in [0.15, 0.2) is 42.7 Å². The fraction of sp³-hybridized carbons (Fsp3) is 0.0714. The van der Waals surface area contributed by atoms with Gasteiger partial charge in [-0.1, -0.05) is 6.07 Å². The van der Waals surface area contributed by atoms with Gasteiger partial charge in [0.1, 0.15) is 0 Å². The van der Waals surface area contributed by atoms with Gasteiger partial charge in [0.25, 0.3) is 0 Å². The quantitative estimate of drug-likeness (QED) is 0.749. The lowest BCUT2D eigenvalue weighted by molar-refractivity contribution is 0.186. The third kappa shape index (κ3) is 2.31. The van der Waals surface area contributed by atoms with Crippen molar-refractivity contribution in [3.05, 3.63) is 42.7 Å². The van der Waals surface area contributed by atoms with Gasteiger partial charge in [-0.2, -0.15) is 0 Å². The Morgan fingerprint density at radius 1 is 1.20 bits per heavy atom. The molecular formula is C14H12N4O2. The van der Waals surface area contributed by atoms with E-state index in [2.05, 4.69) is 25.0 Å². The summed E-state index contributed by atoms with van der Waals surface area (Å²) < 4.78 is 4.53. The second kappa shape index (κ2) is 5.00. The second-order valence-corrected chi connectivity index (χ2v) is 4.17. The summed E-state index contributed by atoms with van der Waals surface area (Å²) in [5.74, 6) is 0.360. The van der Waals surface area contributed by atoms with Crippen molar-refractivity contribution in [2.24, 2.45) is 0 Å². The molecule has 0 saturated heterocycles. The van der Waals surface area contributed by atoms with Gasteiger partial charge in [-0.15, -0.1) is 0 Å². The predicted octanol–water partition coefficient (Wildman–Crippen LogP) is 2.80. The number of nitrogens with zero attached hydrogens (tertiary/aromatic N) is 2. The molecule has 0 atom stereocenters. The normalized spacial score (nSPS) is 10.4. The van der Waals surface area contributed by atoms with Crippen molar-refractivity contribution in [3.63, 3.8) is 0 Å². The minimum Gasteiger partial charge on any atom is -0.453 e. The zero-order chi connectivity index (χ0) is 13.9. The number of rotatable bonds is 2. The van der Waals surface area contributed by atoms with Crippen LogP contribution in [0, 0.1) is 0 Å². The van der Waals surface area contributed by atoms with Crippen LogP contribution < -0.4 is 5.32 Å². The molecule has 1 amide bonds. The summed E-state index contributed by atoms with van der Waals surface area (Å²) in [6, 6.07) is 9.71. The molecule has 3 rings (SSSR count). The van der Waals surface area contributed by atoms with Crippen LogP contribution in [0.3, 0.4) is 0 Å². The number of hydrogen-bond acceptors (Lipinski definition) is 4. The Balaban J connectivity index is 1.97. The molecule has 100 valence electrons. The Morgan fingerprint density at radius 3 is 2.75 bits per heavy atom. The first-order valence-corrected chi connectivity index (χ1v) is 6.01. The van der Waals surface area contributed by atoms with Gasteiger partial charge in [-0.3, -0.25) is 10.3 Å². The van der Waals surface area contributed by atoms with Gasteiger partial charge in [0.05, 0.1) is 18.1 Å². The van der Waals surface area contributed by atoms with E-state index in [1.807, 2.05) is 30.3 Å². The summed E-state index contributed by atoms with van der Waals surface area (Å²) in [4.78, 5) is 22.4. The van der Waals surface area contributed by atoms with E-state index in [0.717, 1.165) is 22.2 Å². The van der Waals surface area contributed by atoms with Crippen LogP contribution in [0.5, 0.6) is 0 Å². The molecule has 1 aromatic carbocycles. The van der Waals surface area contributed by atoms with Crippen molar-refractivity contribution in [1.82, 2.24) is 15.0 Å². The first-order valence-electron chi connectivity index (χ1n) is 6.01. The van der Waals surface area contributed by atoms with Crippen LogP contribution in [-0.2, 0) is 4.74 Å². The van der Waals surface area contributed by atoms with Crippen LogP contribution in [-0.4, -0.2) is 28.2 Å². The summed E-state index contributed by atoms with van der Waals surface area (Å²) in [6.45, 7) is 0. The number of nitrogens with one attached hydrogen (secondary N) is 2. The molecule has 0 aliphatic carbocycles. The molecule has 2 N–H and O–H groups in total. The topological polar surface area (TPSA) is 79.9 Å². The average Bonchev–Trinajstić information content (AvgIpc) is 2.89. The molecule has 3 aromatic rings. The highest BCUT2D eigenvalue weighted by molar-refractivity contribution is 5.88. The largest absolute Gasteiger partial charge is 0.453 e. The first kappa shape index (κ1) is 12.2. The number of methoxy groups -OCH3 is 1. The number of aromatic nitrogens is 3. The van der Waals surface area contributed by atoms with Gasteiger partial charge in [0.2, 0.25) is 5.95 Å². The standard InChI is InChI=1S/C14H12N4O2/c1-20-14(19)18-13-16-11-3-2-10(8-12(11)17-13)9-4-6-15-7-5-9/h2-8H,1H3,(H2,16,17,18,19). The maximum Gasteiger partial charge on any atom is 0.413 e. The van der Waals surface area contributed by atoms with Crippen LogP contribution in [0.25, 0.3) is 22.2 Å². The molecule has 2 heterocycles. The molecule has 6 nitrogen and oxygen atoms in total. The fourth-order valence-corrected chi connectivity index (χ4v) is 1.94. The summed E-state index contributed by atoms with van der Waals surface area (Å²) in [5, 5.41) is 2.50. The number of H-pyrrole nitrogens is 1. The Bertz CT molecular complexity index is 752. The second-order valence-electron chi connectivity index (χ2n) is 4.17. The van der Waals surface area contributed by atoms with Crippen molar-refractivity contribution in [2.75, 3.05) is 12.4 Å². The molecule has 0 bridgehead atoms. The van der Waals surface area contributed by atoms with Crippen molar-refractivity contribution >= 4 is 23.1 Å². The van der Waals surface area contributed by atoms with Gasteiger partial charge in [-0.05, 0) is 35.4 Å². The SMILES string of the molecule is COC(=O)Nc1nc2ccc(-c3ccncc3)cc2[nH]1. The highest BCUT2D eigenvalue weighted by Crippen LogP contribution is 2.23. The van der Waals surface area contributed by atoms with Gasteiger partial charge < -0.3 is 9.72 Å². The number of carbonyl (C=O) groups is 1.